The first-order valence-corrected chi connectivity index (χ1v) is 17.3. The van der Waals surface area contributed by atoms with Crippen LogP contribution in [0.3, 0.4) is 0 Å². The molecule has 0 fully saturated rings. The zero-order chi connectivity index (χ0) is 37.3. The Balaban J connectivity index is 0.000000616. The van der Waals surface area contributed by atoms with Gasteiger partial charge in [-0.3, -0.25) is 0 Å². The highest BCUT2D eigenvalue weighted by Gasteiger charge is 2.14. The first-order valence-electron chi connectivity index (χ1n) is 17.3. The number of fused-ring (bicyclic) bond motifs is 3. The lowest BCUT2D eigenvalue weighted by atomic mass is 9.99. The van der Waals surface area contributed by atoms with Gasteiger partial charge in [-0.25, -0.2) is 0 Å². The maximum absolute atomic E-state index is 8.68. The minimum absolute atomic E-state index is 0.321. The van der Waals surface area contributed by atoms with Gasteiger partial charge in [0.05, 0.1) is 5.71 Å². The first kappa shape index (κ1) is 35.8. The smallest absolute Gasteiger partial charge is 0.143 e. The number of hydrogen-bond acceptors (Lipinski definition) is 5. The lowest BCUT2D eigenvalue weighted by molar-refractivity contribution is 0.670. The third kappa shape index (κ3) is 8.50. The van der Waals surface area contributed by atoms with E-state index in [1.807, 2.05) is 91.0 Å². The summed E-state index contributed by atoms with van der Waals surface area (Å²) in [5, 5.41) is 21.4. The number of allylic oxidation sites excluding steroid dienone is 4. The van der Waals surface area contributed by atoms with Crippen molar-refractivity contribution in [1.29, 1.82) is 10.8 Å². The lowest BCUT2D eigenvalue weighted by Crippen LogP contribution is -2.02. The number of nitrogens with one attached hydrogen (secondary N) is 3. The molecule has 6 aromatic carbocycles. The number of rotatable bonds is 10. The molecule has 260 valence electrons. The molecule has 53 heavy (non-hydrogen) atoms. The molecule has 7 rings (SSSR count). The predicted molar refractivity (Wildman–Crippen MR) is 227 cm³/mol. The van der Waals surface area contributed by atoms with Crippen LogP contribution >= 0.6 is 0 Å². The molecule has 1 aromatic heterocycles. The van der Waals surface area contributed by atoms with Gasteiger partial charge < -0.3 is 26.3 Å². The zero-order valence-electron chi connectivity index (χ0n) is 30.0. The van der Waals surface area contributed by atoms with Crippen LogP contribution in [0.1, 0.15) is 33.4 Å². The van der Waals surface area contributed by atoms with Gasteiger partial charge in [0.25, 0.3) is 0 Å². The van der Waals surface area contributed by atoms with Crippen LogP contribution in [0.2, 0.25) is 0 Å². The average Bonchev–Trinajstić information content (AvgIpc) is 3.56. The summed E-state index contributed by atoms with van der Waals surface area (Å²) in [6.07, 6.45) is 8.18. The maximum Gasteiger partial charge on any atom is 0.143 e. The number of aryl methyl sites for hydroxylation is 2. The standard InChI is InChI=1S/C41H34N4O.C7H8/c1-4-28-23-26(2)10-20-39(28)45-33-19-21-40-36(24-33)35-9-5-8-34(41(35)46-40)30-13-17-32(18-14-30)38(44)25-37(43)31-15-11-29(12-16-31)27(3)7-6-22-42;1-7-5-3-2-4-6-7/h4-25,42,44-45H,1,3,43H2,2H3;2-6H,1H3/b7-6-,37-25-,42-22?,44-38?;. The van der Waals surface area contributed by atoms with Crippen molar-refractivity contribution in [3.05, 3.63) is 198 Å². The molecular formula is C48H42N4O. The highest BCUT2D eigenvalue weighted by molar-refractivity contribution is 6.12. The molecular weight excluding hydrogens is 649 g/mol. The average molecular weight is 691 g/mol. The minimum atomic E-state index is 0.321. The zero-order valence-corrected chi connectivity index (χ0v) is 30.0. The van der Waals surface area contributed by atoms with Crippen LogP contribution in [0.25, 0.3) is 50.4 Å². The van der Waals surface area contributed by atoms with Crippen LogP contribution in [0.15, 0.2) is 169 Å². The van der Waals surface area contributed by atoms with Crippen molar-refractivity contribution in [2.24, 2.45) is 5.73 Å². The second kappa shape index (κ2) is 16.4. The molecule has 0 saturated heterocycles. The van der Waals surface area contributed by atoms with Gasteiger partial charge in [-0.05, 0) is 89.7 Å². The fourth-order valence-electron chi connectivity index (χ4n) is 6.05. The van der Waals surface area contributed by atoms with Crippen LogP contribution < -0.4 is 11.1 Å². The molecule has 5 heteroatoms. The fourth-order valence-corrected chi connectivity index (χ4v) is 6.05. The number of furan rings is 1. The van der Waals surface area contributed by atoms with Gasteiger partial charge in [0.2, 0.25) is 0 Å². The number of anilines is 2. The summed E-state index contributed by atoms with van der Waals surface area (Å²) in [5.41, 5.74) is 19.7. The molecule has 0 unspecified atom stereocenters. The normalized spacial score (nSPS) is 11.2. The van der Waals surface area contributed by atoms with Gasteiger partial charge in [-0.2, -0.15) is 0 Å². The second-order valence-electron chi connectivity index (χ2n) is 12.8. The van der Waals surface area contributed by atoms with Crippen molar-refractivity contribution in [3.63, 3.8) is 0 Å². The summed E-state index contributed by atoms with van der Waals surface area (Å²) < 4.78 is 6.39. The van der Waals surface area contributed by atoms with Crippen molar-refractivity contribution >= 4 is 62.6 Å². The second-order valence-corrected chi connectivity index (χ2v) is 12.8. The Morgan fingerprint density at radius 3 is 2.13 bits per heavy atom. The highest BCUT2D eigenvalue weighted by Crippen LogP contribution is 2.37. The van der Waals surface area contributed by atoms with E-state index in [0.717, 1.165) is 72.3 Å². The number of nitrogens with two attached hydrogens (primary N) is 1. The molecule has 0 atom stereocenters. The molecule has 0 aliphatic heterocycles. The van der Waals surface area contributed by atoms with Crippen molar-refractivity contribution in [2.75, 3.05) is 5.32 Å². The third-order valence-electron chi connectivity index (χ3n) is 8.93. The summed E-state index contributed by atoms with van der Waals surface area (Å²) in [6.45, 7) is 12.1. The van der Waals surface area contributed by atoms with Gasteiger partial charge in [0, 0.05) is 39.6 Å². The molecule has 5 nitrogen and oxygen atoms in total. The molecule has 5 N–H and O–H groups in total. The van der Waals surface area contributed by atoms with Crippen molar-refractivity contribution in [1.82, 2.24) is 0 Å². The number of benzene rings is 6. The Morgan fingerprint density at radius 1 is 0.736 bits per heavy atom. The third-order valence-corrected chi connectivity index (χ3v) is 8.93. The van der Waals surface area contributed by atoms with Crippen LogP contribution in [0.5, 0.6) is 0 Å². The molecule has 0 amide bonds. The Morgan fingerprint density at radius 2 is 1.45 bits per heavy atom. The van der Waals surface area contributed by atoms with Crippen LogP contribution in [0, 0.1) is 24.7 Å². The molecule has 0 spiro atoms. The topological polar surface area (TPSA) is 98.9 Å². The highest BCUT2D eigenvalue weighted by atomic mass is 16.3. The molecule has 0 aliphatic carbocycles. The van der Waals surface area contributed by atoms with E-state index in [4.69, 9.17) is 21.0 Å². The fraction of sp³-hybridized carbons (Fsp3) is 0.0417. The van der Waals surface area contributed by atoms with Crippen LogP contribution in [0.4, 0.5) is 11.4 Å². The quantitative estimate of drug-likeness (QED) is 0.0849. The van der Waals surface area contributed by atoms with E-state index in [-0.39, 0.29) is 0 Å². The Labute approximate surface area is 311 Å². The van der Waals surface area contributed by atoms with E-state index >= 15 is 0 Å². The van der Waals surface area contributed by atoms with E-state index in [0.29, 0.717) is 11.4 Å². The number of para-hydroxylation sites is 1. The molecule has 0 aliphatic rings. The molecule has 1 heterocycles. The Kier molecular flexibility index (Phi) is 11.1. The molecule has 0 radical (unpaired) electrons. The SMILES string of the molecule is C=Cc1cc(C)ccc1Nc1ccc2oc3c(-c4ccc(C(=N)/C=C(\N)c5ccc(C(=C)/C=C\C=N)cc5)cc4)cccc3c2c1.Cc1ccccc1. The van der Waals surface area contributed by atoms with E-state index < -0.39 is 0 Å². The first-order chi connectivity index (χ1) is 25.7. The van der Waals surface area contributed by atoms with Crippen LogP contribution in [-0.4, -0.2) is 11.9 Å². The summed E-state index contributed by atoms with van der Waals surface area (Å²) in [6, 6.07) is 44.5. The Hall–Kier alpha value is -6.98. The van der Waals surface area contributed by atoms with Crippen molar-refractivity contribution in [3.8, 4) is 11.1 Å². The van der Waals surface area contributed by atoms with Gasteiger partial charge in [-0.1, -0.05) is 140 Å². The maximum atomic E-state index is 8.68. The summed E-state index contributed by atoms with van der Waals surface area (Å²) in [5.74, 6) is 0. The monoisotopic (exact) mass is 690 g/mol. The van der Waals surface area contributed by atoms with Crippen molar-refractivity contribution < 1.29 is 4.42 Å². The summed E-state index contributed by atoms with van der Waals surface area (Å²) in [4.78, 5) is 0. The minimum Gasteiger partial charge on any atom is -0.455 e. The van der Waals surface area contributed by atoms with Gasteiger partial charge in [-0.15, -0.1) is 0 Å². The lowest BCUT2D eigenvalue weighted by Gasteiger charge is -2.10. The van der Waals surface area contributed by atoms with Gasteiger partial charge in [0.1, 0.15) is 11.2 Å². The largest absolute Gasteiger partial charge is 0.455 e. The van der Waals surface area contributed by atoms with Crippen LogP contribution in [-0.2, 0) is 0 Å². The number of hydrogen-bond donors (Lipinski definition) is 4. The Bertz CT molecular complexity index is 2500. The summed E-state index contributed by atoms with van der Waals surface area (Å²) in [7, 11) is 0. The van der Waals surface area contributed by atoms with E-state index in [2.05, 4.69) is 80.9 Å². The van der Waals surface area contributed by atoms with E-state index in [1.165, 1.54) is 17.3 Å². The molecule has 0 bridgehead atoms. The van der Waals surface area contributed by atoms with E-state index in [1.54, 1.807) is 18.2 Å². The van der Waals surface area contributed by atoms with Gasteiger partial charge in [0.15, 0.2) is 0 Å². The summed E-state index contributed by atoms with van der Waals surface area (Å²) >= 11 is 0. The molecule has 0 saturated carbocycles. The van der Waals surface area contributed by atoms with Crippen molar-refractivity contribution in [2.45, 2.75) is 13.8 Å². The predicted octanol–water partition coefficient (Wildman–Crippen LogP) is 12.5. The molecule has 7 aromatic rings. The van der Waals surface area contributed by atoms with E-state index in [9.17, 15) is 0 Å². The van der Waals surface area contributed by atoms with Gasteiger partial charge >= 0.3 is 0 Å².